The number of aliphatic hydroxyl groups excluding tert-OH is 1. The van der Waals surface area contributed by atoms with E-state index in [2.05, 4.69) is 0 Å². The minimum atomic E-state index is -0.386. The minimum Gasteiger partial charge on any atom is -0.444 e. The molecule has 2 unspecified atom stereocenters. The minimum absolute atomic E-state index is 0.329. The van der Waals surface area contributed by atoms with Gasteiger partial charge in [0.05, 0.1) is 6.10 Å². The van der Waals surface area contributed by atoms with Gasteiger partial charge in [-0.2, -0.15) is 0 Å². The third kappa shape index (κ3) is 3.05. The number of ether oxygens (including phenoxy) is 1. The van der Waals surface area contributed by atoms with Crippen LogP contribution in [-0.4, -0.2) is 35.7 Å². The number of carbonyl (C=O) groups is 1. The van der Waals surface area contributed by atoms with Gasteiger partial charge in [0.25, 0.3) is 6.47 Å². The quantitative estimate of drug-likeness (QED) is 0.799. The van der Waals surface area contributed by atoms with Crippen LogP contribution in [0.4, 0.5) is 0 Å². The summed E-state index contributed by atoms with van der Waals surface area (Å²) >= 11 is 0. The van der Waals surface area contributed by atoms with Crippen molar-refractivity contribution in [2.75, 3.05) is 13.1 Å². The number of rotatable bonds is 4. The van der Waals surface area contributed by atoms with Gasteiger partial charge in [0, 0.05) is 18.7 Å². The summed E-state index contributed by atoms with van der Waals surface area (Å²) in [5.41, 5.74) is 0.939. The Labute approximate surface area is 101 Å². The van der Waals surface area contributed by atoms with Gasteiger partial charge in [0.15, 0.2) is 6.23 Å². The zero-order valence-electron chi connectivity index (χ0n) is 9.66. The Kier molecular flexibility index (Phi) is 4.12. The van der Waals surface area contributed by atoms with Crippen molar-refractivity contribution < 1.29 is 14.6 Å². The number of aliphatic hydroxyl groups is 1. The predicted molar refractivity (Wildman–Crippen MR) is 63.1 cm³/mol. The zero-order chi connectivity index (χ0) is 12.1. The Bertz CT molecular complexity index is 355. The summed E-state index contributed by atoms with van der Waals surface area (Å²) in [6, 6.07) is 9.60. The SMILES string of the molecule is O=COC(c1ccccc1)N1CCCC(O)C1. The number of β-amino-alcohol motifs (C(OH)–C–C–N with tert-alkyl or cyclic N) is 1. The molecular formula is C13H17NO3. The average molecular weight is 235 g/mol. The van der Waals surface area contributed by atoms with Crippen LogP contribution in [-0.2, 0) is 9.53 Å². The van der Waals surface area contributed by atoms with E-state index in [-0.39, 0.29) is 12.3 Å². The molecule has 0 aliphatic carbocycles. The van der Waals surface area contributed by atoms with E-state index in [4.69, 9.17) is 4.74 Å². The van der Waals surface area contributed by atoms with E-state index in [0.717, 1.165) is 24.9 Å². The van der Waals surface area contributed by atoms with E-state index >= 15 is 0 Å². The normalized spacial score (nSPS) is 23.0. The van der Waals surface area contributed by atoms with Crippen LogP contribution in [0.25, 0.3) is 0 Å². The molecule has 0 spiro atoms. The van der Waals surface area contributed by atoms with Crippen LogP contribution in [0.1, 0.15) is 24.6 Å². The largest absolute Gasteiger partial charge is 0.444 e. The first kappa shape index (κ1) is 12.1. The van der Waals surface area contributed by atoms with Crippen molar-refractivity contribution >= 4 is 6.47 Å². The fraction of sp³-hybridized carbons (Fsp3) is 0.462. The molecular weight excluding hydrogens is 218 g/mol. The maximum atomic E-state index is 10.6. The highest BCUT2D eigenvalue weighted by atomic mass is 16.5. The molecule has 17 heavy (non-hydrogen) atoms. The summed E-state index contributed by atoms with van der Waals surface area (Å²) in [6.07, 6.45) is 1.03. The van der Waals surface area contributed by atoms with Gasteiger partial charge in [-0.15, -0.1) is 0 Å². The zero-order valence-corrected chi connectivity index (χ0v) is 9.66. The summed E-state index contributed by atoms with van der Waals surface area (Å²) in [4.78, 5) is 12.6. The topological polar surface area (TPSA) is 49.8 Å². The van der Waals surface area contributed by atoms with Gasteiger partial charge >= 0.3 is 0 Å². The summed E-state index contributed by atoms with van der Waals surface area (Å²) in [5.74, 6) is 0. The molecule has 1 saturated heterocycles. The predicted octanol–water partition coefficient (Wildman–Crippen LogP) is 1.31. The van der Waals surface area contributed by atoms with E-state index in [9.17, 15) is 9.90 Å². The lowest BCUT2D eigenvalue weighted by Gasteiger charge is -2.35. The van der Waals surface area contributed by atoms with E-state index in [1.54, 1.807) is 0 Å². The lowest BCUT2D eigenvalue weighted by molar-refractivity contribution is -0.147. The molecule has 0 aromatic heterocycles. The Morgan fingerprint density at radius 2 is 2.18 bits per heavy atom. The molecule has 2 atom stereocenters. The molecule has 0 amide bonds. The summed E-state index contributed by atoms with van der Waals surface area (Å²) in [5, 5.41) is 9.66. The van der Waals surface area contributed by atoms with Gasteiger partial charge in [0.1, 0.15) is 0 Å². The van der Waals surface area contributed by atoms with Gasteiger partial charge < -0.3 is 9.84 Å². The van der Waals surface area contributed by atoms with Crippen LogP contribution in [0.3, 0.4) is 0 Å². The molecule has 4 nitrogen and oxygen atoms in total. The standard InChI is InChI=1S/C13H17NO3/c15-10-17-13(11-5-2-1-3-6-11)14-8-4-7-12(16)9-14/h1-3,5-6,10,12-13,16H,4,7-9H2. The number of hydrogen-bond acceptors (Lipinski definition) is 4. The summed E-state index contributed by atoms with van der Waals surface area (Å²) in [6.45, 7) is 1.86. The van der Waals surface area contributed by atoms with Gasteiger partial charge in [0.2, 0.25) is 0 Å². The highest BCUT2D eigenvalue weighted by Crippen LogP contribution is 2.25. The first-order valence-corrected chi connectivity index (χ1v) is 5.87. The molecule has 1 aromatic carbocycles. The van der Waals surface area contributed by atoms with Gasteiger partial charge in [-0.3, -0.25) is 9.69 Å². The first-order chi connectivity index (χ1) is 8.31. The van der Waals surface area contributed by atoms with Crippen LogP contribution >= 0.6 is 0 Å². The number of hydrogen-bond donors (Lipinski definition) is 1. The number of nitrogens with zero attached hydrogens (tertiary/aromatic N) is 1. The lowest BCUT2D eigenvalue weighted by atomic mass is 10.1. The van der Waals surface area contributed by atoms with E-state index in [0.29, 0.717) is 13.0 Å². The molecule has 1 aromatic rings. The van der Waals surface area contributed by atoms with Gasteiger partial charge in [-0.25, -0.2) is 0 Å². The van der Waals surface area contributed by atoms with Crippen LogP contribution in [0, 0.1) is 0 Å². The second-order valence-corrected chi connectivity index (χ2v) is 4.29. The highest BCUT2D eigenvalue weighted by molar-refractivity contribution is 5.38. The molecule has 0 bridgehead atoms. The first-order valence-electron chi connectivity index (χ1n) is 5.87. The average Bonchev–Trinajstić information content (AvgIpc) is 2.37. The summed E-state index contributed by atoms with van der Waals surface area (Å²) < 4.78 is 5.15. The van der Waals surface area contributed by atoms with Crippen molar-refractivity contribution in [3.63, 3.8) is 0 Å². The van der Waals surface area contributed by atoms with Crippen molar-refractivity contribution in [1.82, 2.24) is 4.90 Å². The third-order valence-corrected chi connectivity index (χ3v) is 3.03. The lowest BCUT2D eigenvalue weighted by Crippen LogP contribution is -2.41. The fourth-order valence-corrected chi connectivity index (χ4v) is 2.24. The number of benzene rings is 1. The number of likely N-dealkylation sites (tertiary alicyclic amines) is 1. The second kappa shape index (κ2) is 5.80. The Balaban J connectivity index is 2.14. The third-order valence-electron chi connectivity index (χ3n) is 3.03. The second-order valence-electron chi connectivity index (χ2n) is 4.29. The van der Waals surface area contributed by atoms with Crippen molar-refractivity contribution in [3.8, 4) is 0 Å². The molecule has 1 aliphatic rings. The smallest absolute Gasteiger partial charge is 0.294 e. The van der Waals surface area contributed by atoms with Crippen molar-refractivity contribution in [2.45, 2.75) is 25.2 Å². The Morgan fingerprint density at radius 1 is 1.41 bits per heavy atom. The molecule has 1 fully saturated rings. The highest BCUT2D eigenvalue weighted by Gasteiger charge is 2.26. The molecule has 92 valence electrons. The van der Waals surface area contributed by atoms with Crippen molar-refractivity contribution in [3.05, 3.63) is 35.9 Å². The monoisotopic (exact) mass is 235 g/mol. The Morgan fingerprint density at radius 3 is 2.82 bits per heavy atom. The number of carbonyl (C=O) groups excluding carboxylic acids is 1. The van der Waals surface area contributed by atoms with Gasteiger partial charge in [-0.1, -0.05) is 30.3 Å². The molecule has 1 heterocycles. The maximum absolute atomic E-state index is 10.6. The molecule has 0 radical (unpaired) electrons. The van der Waals surface area contributed by atoms with Gasteiger partial charge in [-0.05, 0) is 12.8 Å². The van der Waals surface area contributed by atoms with Crippen LogP contribution in [0.15, 0.2) is 30.3 Å². The molecule has 1 N–H and O–H groups in total. The summed E-state index contributed by atoms with van der Waals surface area (Å²) in [7, 11) is 0. The molecule has 1 aliphatic heterocycles. The van der Waals surface area contributed by atoms with Crippen LogP contribution in [0.5, 0.6) is 0 Å². The van der Waals surface area contributed by atoms with Crippen molar-refractivity contribution in [2.24, 2.45) is 0 Å². The van der Waals surface area contributed by atoms with E-state index in [1.165, 1.54) is 0 Å². The Hall–Kier alpha value is -1.39. The molecule has 4 heteroatoms. The van der Waals surface area contributed by atoms with E-state index in [1.807, 2.05) is 35.2 Å². The number of piperidine rings is 1. The molecule has 2 rings (SSSR count). The van der Waals surface area contributed by atoms with E-state index < -0.39 is 0 Å². The molecule has 0 saturated carbocycles. The van der Waals surface area contributed by atoms with Crippen LogP contribution in [0.2, 0.25) is 0 Å². The maximum Gasteiger partial charge on any atom is 0.294 e. The van der Waals surface area contributed by atoms with Crippen molar-refractivity contribution in [1.29, 1.82) is 0 Å². The van der Waals surface area contributed by atoms with Crippen LogP contribution < -0.4 is 0 Å². The fourth-order valence-electron chi connectivity index (χ4n) is 2.24.